The van der Waals surface area contributed by atoms with E-state index in [1.807, 2.05) is 11.6 Å². The molecule has 1 atom stereocenters. The fourth-order valence-electron chi connectivity index (χ4n) is 2.62. The first-order valence-electron chi connectivity index (χ1n) is 7.71. The van der Waals surface area contributed by atoms with Crippen molar-refractivity contribution < 1.29 is 4.79 Å². The molecule has 8 heteroatoms. The second kappa shape index (κ2) is 5.86. The van der Waals surface area contributed by atoms with Gasteiger partial charge in [0.15, 0.2) is 5.82 Å². The molecule has 1 aliphatic rings. The highest BCUT2D eigenvalue weighted by Gasteiger charge is 2.25. The van der Waals surface area contributed by atoms with E-state index >= 15 is 0 Å². The number of fused-ring (bicyclic) bond motifs is 1. The molecule has 0 aromatic carbocycles. The van der Waals surface area contributed by atoms with Gasteiger partial charge in [-0.05, 0) is 13.3 Å². The third-order valence-corrected chi connectivity index (χ3v) is 3.88. The summed E-state index contributed by atoms with van der Waals surface area (Å²) in [7, 11) is 0. The van der Waals surface area contributed by atoms with Crippen LogP contribution in [-0.4, -0.2) is 41.7 Å². The van der Waals surface area contributed by atoms with Gasteiger partial charge in [-0.3, -0.25) is 4.79 Å². The molecule has 118 valence electrons. The van der Waals surface area contributed by atoms with Gasteiger partial charge in [0.2, 0.25) is 0 Å². The maximum Gasteiger partial charge on any atom is 0.271 e. The first-order chi connectivity index (χ1) is 10.6. The van der Waals surface area contributed by atoms with Crippen LogP contribution in [-0.2, 0) is 19.5 Å². The number of nitrogens with one attached hydrogen (secondary N) is 1. The maximum atomic E-state index is 12.3. The smallest absolute Gasteiger partial charge is 0.271 e. The van der Waals surface area contributed by atoms with Crippen LogP contribution in [0.5, 0.6) is 0 Å². The minimum atomic E-state index is -0.135. The standard InChI is InChI=1S/C14H21N7O/c1-4-20-11(7-15-19-20)14(22)16-10-5-6-12-17-13(9(2)3)18-21(12)8-10/h7,9-10H,4-6,8H2,1-3H3,(H,16,22). The highest BCUT2D eigenvalue weighted by atomic mass is 16.2. The Morgan fingerprint density at radius 3 is 3.05 bits per heavy atom. The monoisotopic (exact) mass is 303 g/mol. The Bertz CT molecular complexity index is 673. The van der Waals surface area contributed by atoms with Gasteiger partial charge < -0.3 is 5.32 Å². The first kappa shape index (κ1) is 14.7. The van der Waals surface area contributed by atoms with E-state index in [4.69, 9.17) is 0 Å². The Morgan fingerprint density at radius 1 is 1.50 bits per heavy atom. The summed E-state index contributed by atoms with van der Waals surface area (Å²) in [6, 6.07) is 0.0573. The van der Waals surface area contributed by atoms with Gasteiger partial charge in [-0.15, -0.1) is 5.10 Å². The molecule has 1 N–H and O–H groups in total. The molecule has 0 bridgehead atoms. The summed E-state index contributed by atoms with van der Waals surface area (Å²) < 4.78 is 3.51. The Labute approximate surface area is 128 Å². The minimum Gasteiger partial charge on any atom is -0.346 e. The summed E-state index contributed by atoms with van der Waals surface area (Å²) in [5.41, 5.74) is 0.495. The molecule has 0 saturated heterocycles. The highest BCUT2D eigenvalue weighted by Crippen LogP contribution is 2.17. The number of amides is 1. The molecule has 2 aromatic heterocycles. The van der Waals surface area contributed by atoms with E-state index in [2.05, 4.69) is 39.6 Å². The van der Waals surface area contributed by atoms with Crippen molar-refractivity contribution in [1.29, 1.82) is 0 Å². The Balaban J connectivity index is 1.68. The van der Waals surface area contributed by atoms with Crippen molar-refractivity contribution in [2.45, 2.75) is 58.7 Å². The first-order valence-corrected chi connectivity index (χ1v) is 7.71. The van der Waals surface area contributed by atoms with E-state index in [9.17, 15) is 4.79 Å². The molecule has 1 amide bonds. The Morgan fingerprint density at radius 2 is 2.32 bits per heavy atom. The zero-order valence-electron chi connectivity index (χ0n) is 13.2. The van der Waals surface area contributed by atoms with Crippen molar-refractivity contribution in [3.63, 3.8) is 0 Å². The number of hydrogen-bond donors (Lipinski definition) is 1. The van der Waals surface area contributed by atoms with E-state index in [1.54, 1.807) is 4.68 Å². The van der Waals surface area contributed by atoms with E-state index in [0.29, 0.717) is 24.7 Å². The average Bonchev–Trinajstić information content (AvgIpc) is 3.12. The molecule has 0 fully saturated rings. The number of aromatic nitrogens is 6. The van der Waals surface area contributed by atoms with Gasteiger partial charge in [0.05, 0.1) is 12.7 Å². The van der Waals surface area contributed by atoms with Crippen molar-refractivity contribution in [3.05, 3.63) is 23.5 Å². The predicted octanol–water partition coefficient (Wildman–Crippen LogP) is 0.758. The van der Waals surface area contributed by atoms with E-state index in [1.165, 1.54) is 6.20 Å². The number of aryl methyl sites for hydroxylation is 2. The van der Waals surface area contributed by atoms with Crippen LogP contribution < -0.4 is 5.32 Å². The van der Waals surface area contributed by atoms with Crippen LogP contribution in [0.25, 0.3) is 0 Å². The molecule has 0 aliphatic carbocycles. The van der Waals surface area contributed by atoms with Crippen LogP contribution in [0.2, 0.25) is 0 Å². The molecule has 0 spiro atoms. The van der Waals surface area contributed by atoms with Gasteiger partial charge in [0, 0.05) is 24.9 Å². The molecule has 3 rings (SSSR count). The summed E-state index contributed by atoms with van der Waals surface area (Å²) in [5, 5.41) is 15.3. The van der Waals surface area contributed by atoms with E-state index in [-0.39, 0.29) is 11.9 Å². The fourth-order valence-corrected chi connectivity index (χ4v) is 2.62. The van der Waals surface area contributed by atoms with Gasteiger partial charge in [0.1, 0.15) is 11.5 Å². The van der Waals surface area contributed by atoms with Crippen LogP contribution in [0.4, 0.5) is 0 Å². The zero-order chi connectivity index (χ0) is 15.7. The van der Waals surface area contributed by atoms with Gasteiger partial charge >= 0.3 is 0 Å². The number of carbonyl (C=O) groups is 1. The Hall–Kier alpha value is -2.25. The zero-order valence-corrected chi connectivity index (χ0v) is 13.2. The third kappa shape index (κ3) is 2.72. The average molecular weight is 303 g/mol. The number of hydrogen-bond acceptors (Lipinski definition) is 5. The van der Waals surface area contributed by atoms with Gasteiger partial charge in [-0.1, -0.05) is 19.1 Å². The van der Waals surface area contributed by atoms with Crippen molar-refractivity contribution in [1.82, 2.24) is 35.1 Å². The molecule has 22 heavy (non-hydrogen) atoms. The van der Waals surface area contributed by atoms with Crippen LogP contribution in [0.1, 0.15) is 55.2 Å². The normalized spacial score (nSPS) is 17.5. The molecule has 1 unspecified atom stereocenters. The second-order valence-corrected chi connectivity index (χ2v) is 5.87. The second-order valence-electron chi connectivity index (χ2n) is 5.87. The molecular weight excluding hydrogens is 282 g/mol. The van der Waals surface area contributed by atoms with Gasteiger partial charge in [-0.25, -0.2) is 14.3 Å². The lowest BCUT2D eigenvalue weighted by Gasteiger charge is -2.23. The molecule has 1 aliphatic heterocycles. The van der Waals surface area contributed by atoms with E-state index < -0.39 is 0 Å². The van der Waals surface area contributed by atoms with Crippen molar-refractivity contribution in [3.8, 4) is 0 Å². The van der Waals surface area contributed by atoms with Crippen LogP contribution >= 0.6 is 0 Å². The number of nitrogens with zero attached hydrogens (tertiary/aromatic N) is 6. The number of carbonyl (C=O) groups excluding carboxylic acids is 1. The van der Waals surface area contributed by atoms with Crippen LogP contribution in [0, 0.1) is 0 Å². The summed E-state index contributed by atoms with van der Waals surface area (Å²) in [4.78, 5) is 16.9. The van der Waals surface area contributed by atoms with E-state index in [0.717, 1.165) is 24.5 Å². The lowest BCUT2D eigenvalue weighted by atomic mass is 10.1. The lowest BCUT2D eigenvalue weighted by molar-refractivity contribution is 0.0915. The molecule has 3 heterocycles. The largest absolute Gasteiger partial charge is 0.346 e. The summed E-state index contributed by atoms with van der Waals surface area (Å²) in [5.74, 6) is 2.06. The maximum absolute atomic E-state index is 12.3. The third-order valence-electron chi connectivity index (χ3n) is 3.88. The highest BCUT2D eigenvalue weighted by molar-refractivity contribution is 5.92. The van der Waals surface area contributed by atoms with Crippen LogP contribution in [0.3, 0.4) is 0 Å². The minimum absolute atomic E-state index is 0.0573. The Kier molecular flexibility index (Phi) is 3.91. The molecule has 8 nitrogen and oxygen atoms in total. The van der Waals surface area contributed by atoms with Crippen molar-refractivity contribution >= 4 is 5.91 Å². The van der Waals surface area contributed by atoms with Crippen LogP contribution in [0.15, 0.2) is 6.20 Å². The molecule has 0 saturated carbocycles. The fraction of sp³-hybridized carbons (Fsp3) is 0.643. The summed E-state index contributed by atoms with van der Waals surface area (Å²) >= 11 is 0. The molecular formula is C14H21N7O. The molecule has 0 radical (unpaired) electrons. The topological polar surface area (TPSA) is 90.5 Å². The quantitative estimate of drug-likeness (QED) is 0.900. The van der Waals surface area contributed by atoms with Gasteiger partial charge in [-0.2, -0.15) is 5.10 Å². The number of rotatable bonds is 4. The van der Waals surface area contributed by atoms with Crippen molar-refractivity contribution in [2.24, 2.45) is 0 Å². The van der Waals surface area contributed by atoms with Crippen molar-refractivity contribution in [2.75, 3.05) is 0 Å². The SMILES string of the molecule is CCn1nncc1C(=O)NC1CCc2nc(C(C)C)nn2C1. The lowest BCUT2D eigenvalue weighted by Crippen LogP contribution is -2.42. The van der Waals surface area contributed by atoms with Gasteiger partial charge in [0.25, 0.3) is 5.91 Å². The molecule has 2 aromatic rings. The summed E-state index contributed by atoms with van der Waals surface area (Å²) in [6.45, 7) is 7.38. The predicted molar refractivity (Wildman–Crippen MR) is 79.4 cm³/mol. The summed E-state index contributed by atoms with van der Waals surface area (Å²) in [6.07, 6.45) is 3.20.